The Labute approximate surface area is 160 Å². The van der Waals surface area contributed by atoms with Crippen LogP contribution in [0.25, 0.3) is 10.8 Å². The molecule has 2 aromatic rings. The van der Waals surface area contributed by atoms with Gasteiger partial charge in [0.1, 0.15) is 12.1 Å². The summed E-state index contributed by atoms with van der Waals surface area (Å²) < 4.78 is 0. The van der Waals surface area contributed by atoms with Crippen molar-refractivity contribution in [3.8, 4) is 0 Å². The van der Waals surface area contributed by atoms with E-state index in [1.807, 2.05) is 56.3 Å². The third-order valence-electron chi connectivity index (χ3n) is 4.24. The molecule has 27 heavy (non-hydrogen) atoms. The van der Waals surface area contributed by atoms with E-state index in [2.05, 4.69) is 0 Å². The highest BCUT2D eigenvalue weighted by Crippen LogP contribution is 2.33. The van der Waals surface area contributed by atoms with Crippen molar-refractivity contribution in [2.24, 2.45) is 17.4 Å². The average molecular weight is 374 g/mol. The van der Waals surface area contributed by atoms with Crippen LogP contribution in [0.5, 0.6) is 0 Å². The van der Waals surface area contributed by atoms with Crippen molar-refractivity contribution in [1.82, 2.24) is 0 Å². The van der Waals surface area contributed by atoms with Crippen molar-refractivity contribution >= 4 is 22.7 Å². The molecule has 1 unspecified atom stereocenters. The molecule has 6 N–H and O–H groups in total. The predicted octanol–water partition coefficient (Wildman–Crippen LogP) is 3.02. The minimum atomic E-state index is -0.965. The van der Waals surface area contributed by atoms with E-state index in [1.54, 1.807) is 0 Å². The standard InChI is InChI=1S/C13H13NO2.C6H11NO2.C2H6/c14-12(13(15)16)8-10-6-3-5-9-4-1-2-7-11(9)10;7-5(6(8)9)3-4-1-2-4;1-2/h1-7,12H,8,14H2,(H,15,16);4-5H,1-3,7H2,(H,8,9);1-2H3/t;5-;/m.0./s1. The van der Waals surface area contributed by atoms with E-state index in [1.165, 1.54) is 12.8 Å². The number of carboxylic acid groups (broad SMARTS) is 2. The average Bonchev–Trinajstić information content (AvgIpc) is 3.48. The van der Waals surface area contributed by atoms with E-state index in [-0.39, 0.29) is 0 Å². The molecule has 3 rings (SSSR count). The summed E-state index contributed by atoms with van der Waals surface area (Å²) in [5.74, 6) is -1.23. The number of rotatable bonds is 6. The zero-order valence-electron chi connectivity index (χ0n) is 16.0. The van der Waals surface area contributed by atoms with Gasteiger partial charge in [-0.1, -0.05) is 69.2 Å². The lowest BCUT2D eigenvalue weighted by molar-refractivity contribution is -0.139. The van der Waals surface area contributed by atoms with Crippen molar-refractivity contribution in [2.75, 3.05) is 0 Å². The number of nitrogens with two attached hydrogens (primary N) is 2. The van der Waals surface area contributed by atoms with E-state index in [0.29, 0.717) is 18.8 Å². The van der Waals surface area contributed by atoms with Gasteiger partial charge in [-0.25, -0.2) is 0 Å². The van der Waals surface area contributed by atoms with E-state index in [4.69, 9.17) is 21.7 Å². The monoisotopic (exact) mass is 374 g/mol. The van der Waals surface area contributed by atoms with E-state index >= 15 is 0 Å². The molecule has 0 radical (unpaired) electrons. The van der Waals surface area contributed by atoms with Crippen LogP contribution in [0.4, 0.5) is 0 Å². The summed E-state index contributed by atoms with van der Waals surface area (Å²) in [4.78, 5) is 20.9. The highest BCUT2D eigenvalue weighted by atomic mass is 16.4. The molecule has 1 aliphatic rings. The summed E-state index contributed by atoms with van der Waals surface area (Å²) >= 11 is 0. The molecule has 0 aliphatic heterocycles. The molecular weight excluding hydrogens is 344 g/mol. The molecule has 2 aromatic carbocycles. The minimum absolute atomic E-state index is 0.358. The van der Waals surface area contributed by atoms with Crippen molar-refractivity contribution in [2.45, 2.75) is 51.6 Å². The van der Waals surface area contributed by atoms with Crippen molar-refractivity contribution < 1.29 is 19.8 Å². The first-order chi connectivity index (χ1) is 12.9. The Morgan fingerprint density at radius 2 is 1.52 bits per heavy atom. The zero-order chi connectivity index (χ0) is 20.4. The first-order valence-corrected chi connectivity index (χ1v) is 9.32. The third-order valence-corrected chi connectivity index (χ3v) is 4.24. The molecule has 1 saturated carbocycles. The third kappa shape index (κ3) is 7.76. The van der Waals surface area contributed by atoms with Gasteiger partial charge in [-0.3, -0.25) is 9.59 Å². The van der Waals surface area contributed by atoms with Gasteiger partial charge in [-0.15, -0.1) is 0 Å². The number of hydrogen-bond acceptors (Lipinski definition) is 4. The van der Waals surface area contributed by atoms with Crippen LogP contribution in [0.2, 0.25) is 0 Å². The van der Waals surface area contributed by atoms with Crippen LogP contribution >= 0.6 is 0 Å². The van der Waals surface area contributed by atoms with Crippen LogP contribution in [0, 0.1) is 5.92 Å². The van der Waals surface area contributed by atoms with Gasteiger partial charge in [0.15, 0.2) is 0 Å². The fourth-order valence-electron chi connectivity index (χ4n) is 2.61. The van der Waals surface area contributed by atoms with Gasteiger partial charge in [-0.05, 0) is 35.1 Å². The number of carbonyl (C=O) groups is 2. The maximum absolute atomic E-state index is 10.7. The summed E-state index contributed by atoms with van der Waals surface area (Å²) in [6.07, 6.45) is 3.36. The number of hydrogen-bond donors (Lipinski definition) is 4. The quantitative estimate of drug-likeness (QED) is 0.615. The maximum Gasteiger partial charge on any atom is 0.320 e. The number of fused-ring (bicyclic) bond motifs is 1. The number of aliphatic carboxylic acids is 2. The molecule has 0 heterocycles. The van der Waals surface area contributed by atoms with Gasteiger partial charge in [0.2, 0.25) is 0 Å². The van der Waals surface area contributed by atoms with Gasteiger partial charge in [-0.2, -0.15) is 0 Å². The molecular formula is C21H30N2O4. The van der Waals surface area contributed by atoms with Gasteiger partial charge in [0.25, 0.3) is 0 Å². The van der Waals surface area contributed by atoms with Crippen LogP contribution in [-0.2, 0) is 16.0 Å². The van der Waals surface area contributed by atoms with Crippen LogP contribution in [0.1, 0.15) is 38.7 Å². The van der Waals surface area contributed by atoms with Crippen LogP contribution in [0.15, 0.2) is 42.5 Å². The normalized spacial score (nSPS) is 14.8. The molecule has 6 nitrogen and oxygen atoms in total. The second kappa shape index (κ2) is 11.3. The molecule has 0 saturated heterocycles. The second-order valence-electron chi connectivity index (χ2n) is 6.41. The molecule has 0 amide bonds. The highest BCUT2D eigenvalue weighted by Gasteiger charge is 2.26. The molecule has 1 fully saturated rings. The Hall–Kier alpha value is -2.44. The van der Waals surface area contributed by atoms with Gasteiger partial charge < -0.3 is 21.7 Å². The topological polar surface area (TPSA) is 127 Å². The molecule has 0 aromatic heterocycles. The predicted molar refractivity (Wildman–Crippen MR) is 108 cm³/mol. The van der Waals surface area contributed by atoms with Crippen molar-refractivity contribution in [3.05, 3.63) is 48.0 Å². The van der Waals surface area contributed by atoms with Crippen molar-refractivity contribution in [3.63, 3.8) is 0 Å². The molecule has 0 bridgehead atoms. The Morgan fingerprint density at radius 1 is 0.963 bits per heavy atom. The fourth-order valence-corrected chi connectivity index (χ4v) is 2.61. The Bertz CT molecular complexity index is 739. The Kier molecular flexibility index (Phi) is 9.47. The summed E-state index contributed by atoms with van der Waals surface area (Å²) in [7, 11) is 0. The lowest BCUT2D eigenvalue weighted by atomic mass is 9.99. The second-order valence-corrected chi connectivity index (χ2v) is 6.41. The SMILES string of the molecule is CC.NC(Cc1cccc2ccccc12)C(=O)O.N[C@@H](CC1CC1)C(=O)O. The summed E-state index contributed by atoms with van der Waals surface area (Å²) in [5, 5.41) is 19.3. The molecule has 2 atom stereocenters. The van der Waals surface area contributed by atoms with Crippen LogP contribution < -0.4 is 11.5 Å². The van der Waals surface area contributed by atoms with E-state index in [0.717, 1.165) is 16.3 Å². The van der Waals surface area contributed by atoms with Crippen LogP contribution in [0.3, 0.4) is 0 Å². The first kappa shape index (κ1) is 22.6. The molecule has 6 heteroatoms. The largest absolute Gasteiger partial charge is 0.480 e. The smallest absolute Gasteiger partial charge is 0.320 e. The van der Waals surface area contributed by atoms with Gasteiger partial charge in [0, 0.05) is 0 Å². The molecule has 1 aliphatic carbocycles. The number of carboxylic acids is 2. The minimum Gasteiger partial charge on any atom is -0.480 e. The van der Waals surface area contributed by atoms with Crippen molar-refractivity contribution in [1.29, 1.82) is 0 Å². The lowest BCUT2D eigenvalue weighted by Gasteiger charge is -2.09. The maximum atomic E-state index is 10.7. The van der Waals surface area contributed by atoms with Gasteiger partial charge in [0.05, 0.1) is 0 Å². The fraction of sp³-hybridized carbons (Fsp3) is 0.429. The zero-order valence-corrected chi connectivity index (χ0v) is 16.0. The van der Waals surface area contributed by atoms with Gasteiger partial charge >= 0.3 is 11.9 Å². The Balaban J connectivity index is 0.000000282. The highest BCUT2D eigenvalue weighted by molar-refractivity contribution is 5.86. The molecule has 0 spiro atoms. The van der Waals surface area contributed by atoms with E-state index < -0.39 is 24.0 Å². The summed E-state index contributed by atoms with van der Waals surface area (Å²) in [6.45, 7) is 4.00. The van der Waals surface area contributed by atoms with Crippen LogP contribution in [-0.4, -0.2) is 34.2 Å². The number of benzene rings is 2. The summed E-state index contributed by atoms with van der Waals surface area (Å²) in [5.41, 5.74) is 11.8. The summed E-state index contributed by atoms with van der Waals surface area (Å²) in [6, 6.07) is 12.3. The van der Waals surface area contributed by atoms with E-state index in [9.17, 15) is 9.59 Å². The Morgan fingerprint density at radius 3 is 2.07 bits per heavy atom. The lowest BCUT2D eigenvalue weighted by Crippen LogP contribution is -2.32. The molecule has 148 valence electrons. The first-order valence-electron chi connectivity index (χ1n) is 9.32.